The Kier molecular flexibility index (Phi) is 4.81. The maximum absolute atomic E-state index is 5.76. The number of hydrogen-bond donors (Lipinski definition) is 0. The fourth-order valence-electron chi connectivity index (χ4n) is 8.13. The summed E-state index contributed by atoms with van der Waals surface area (Å²) in [6.07, 6.45) is 17.6. The van der Waals surface area contributed by atoms with Crippen LogP contribution in [0.25, 0.3) is 5.57 Å². The molecule has 0 aromatic carbocycles. The molecule has 0 aliphatic heterocycles. The van der Waals surface area contributed by atoms with Crippen molar-refractivity contribution in [3.05, 3.63) is 30.1 Å². The molecule has 0 saturated heterocycles. The van der Waals surface area contributed by atoms with Gasteiger partial charge in [-0.25, -0.2) is 0 Å². The van der Waals surface area contributed by atoms with Gasteiger partial charge in [-0.3, -0.25) is 4.98 Å². The normalized spacial score (nSPS) is 43.7. The van der Waals surface area contributed by atoms with Crippen molar-refractivity contribution in [3.63, 3.8) is 0 Å². The molecule has 4 aliphatic rings. The van der Waals surface area contributed by atoms with Crippen molar-refractivity contribution in [3.8, 4) is 5.75 Å². The Hall–Kier alpha value is -1.35. The number of hydrogen-bond acceptors (Lipinski definition) is 3. The lowest BCUT2D eigenvalue weighted by molar-refractivity contribution is -0.120. The minimum atomic E-state index is 0.294. The van der Waals surface area contributed by atoms with Crippen LogP contribution in [0, 0.1) is 34.5 Å². The number of methoxy groups -OCH3 is 2. The molecular weight excluding hydrogens is 358 g/mol. The average molecular weight is 396 g/mol. The number of allylic oxidation sites excluding steroid dienone is 2. The highest BCUT2D eigenvalue weighted by Gasteiger charge is 2.58. The van der Waals surface area contributed by atoms with Gasteiger partial charge in [0, 0.05) is 13.3 Å². The molecule has 0 bridgehead atoms. The molecule has 3 saturated carbocycles. The van der Waals surface area contributed by atoms with Crippen molar-refractivity contribution in [1.29, 1.82) is 0 Å². The zero-order chi connectivity index (χ0) is 20.2. The third-order valence-electron chi connectivity index (χ3n) is 9.79. The van der Waals surface area contributed by atoms with Gasteiger partial charge >= 0.3 is 0 Å². The third-order valence-corrected chi connectivity index (χ3v) is 9.79. The highest BCUT2D eigenvalue weighted by molar-refractivity contribution is 5.73. The average Bonchev–Trinajstić information content (AvgIpc) is 3.10. The van der Waals surface area contributed by atoms with Crippen molar-refractivity contribution in [1.82, 2.24) is 4.98 Å². The van der Waals surface area contributed by atoms with Gasteiger partial charge < -0.3 is 9.47 Å². The lowest BCUT2D eigenvalue weighted by Gasteiger charge is -2.61. The molecule has 7 atom stereocenters. The quantitative estimate of drug-likeness (QED) is 0.616. The first-order valence-corrected chi connectivity index (χ1v) is 11.7. The summed E-state index contributed by atoms with van der Waals surface area (Å²) < 4.78 is 11.2. The zero-order valence-electron chi connectivity index (χ0n) is 18.6. The maximum Gasteiger partial charge on any atom is 0.137 e. The molecule has 3 heteroatoms. The highest BCUT2D eigenvalue weighted by atomic mass is 16.5. The predicted molar refractivity (Wildman–Crippen MR) is 117 cm³/mol. The molecular formula is C26H37NO2. The highest BCUT2D eigenvalue weighted by Crippen LogP contribution is 2.67. The van der Waals surface area contributed by atoms with Gasteiger partial charge in [-0.2, -0.15) is 0 Å². The molecule has 3 fully saturated rings. The van der Waals surface area contributed by atoms with E-state index in [-0.39, 0.29) is 0 Å². The second kappa shape index (κ2) is 7.11. The van der Waals surface area contributed by atoms with Gasteiger partial charge in [0.1, 0.15) is 5.75 Å². The fraction of sp³-hybridized carbons (Fsp3) is 0.731. The van der Waals surface area contributed by atoms with Gasteiger partial charge in [-0.05, 0) is 103 Å². The second-order valence-corrected chi connectivity index (χ2v) is 10.7. The topological polar surface area (TPSA) is 31.4 Å². The Morgan fingerprint density at radius 2 is 1.86 bits per heavy atom. The number of pyridine rings is 1. The zero-order valence-corrected chi connectivity index (χ0v) is 18.6. The van der Waals surface area contributed by atoms with Crippen LogP contribution in [0.5, 0.6) is 5.75 Å². The molecule has 1 heterocycles. The molecule has 1 aromatic heterocycles. The molecule has 0 unspecified atom stereocenters. The van der Waals surface area contributed by atoms with E-state index in [1.807, 2.05) is 19.5 Å². The standard InChI is InChI=1S/C26H37NO2/c1-25-11-9-19(28-3)14-18(25)5-6-21-23-8-7-22(26(23,2)12-10-24(21)25)17-13-20(29-4)16-27-15-17/h7,13,15-16,18-19,21,23-24H,5-6,8-12,14H2,1-4H3/t18-,19-,21-,23-,24-,25-,26+/m0/s1. The van der Waals surface area contributed by atoms with E-state index < -0.39 is 0 Å². The predicted octanol–water partition coefficient (Wildman–Crippen LogP) is 6.14. The summed E-state index contributed by atoms with van der Waals surface area (Å²) in [6.45, 7) is 5.18. The number of rotatable bonds is 3. The molecule has 0 amide bonds. The largest absolute Gasteiger partial charge is 0.495 e. The van der Waals surface area contributed by atoms with Crippen LogP contribution in [0.4, 0.5) is 0 Å². The first-order valence-electron chi connectivity index (χ1n) is 11.7. The molecule has 1 aromatic rings. The Morgan fingerprint density at radius 3 is 2.66 bits per heavy atom. The Labute approximate surface area is 176 Å². The Balaban J connectivity index is 1.41. The summed E-state index contributed by atoms with van der Waals surface area (Å²) in [7, 11) is 3.64. The molecule has 29 heavy (non-hydrogen) atoms. The molecule has 4 aliphatic carbocycles. The minimum absolute atomic E-state index is 0.294. The van der Waals surface area contributed by atoms with Gasteiger partial charge in [-0.15, -0.1) is 0 Å². The number of nitrogens with zero attached hydrogens (tertiary/aromatic N) is 1. The van der Waals surface area contributed by atoms with Crippen molar-refractivity contribution in [2.24, 2.45) is 34.5 Å². The minimum Gasteiger partial charge on any atom is -0.495 e. The molecule has 3 nitrogen and oxygen atoms in total. The molecule has 158 valence electrons. The van der Waals surface area contributed by atoms with E-state index in [4.69, 9.17) is 9.47 Å². The van der Waals surface area contributed by atoms with Gasteiger partial charge in [-0.1, -0.05) is 19.9 Å². The first-order chi connectivity index (χ1) is 14.0. The van der Waals surface area contributed by atoms with E-state index in [0.717, 1.165) is 29.4 Å². The number of aromatic nitrogens is 1. The molecule has 0 spiro atoms. The van der Waals surface area contributed by atoms with Gasteiger partial charge in [0.25, 0.3) is 0 Å². The van der Waals surface area contributed by atoms with E-state index in [1.165, 1.54) is 62.5 Å². The van der Waals surface area contributed by atoms with E-state index in [9.17, 15) is 0 Å². The van der Waals surface area contributed by atoms with Crippen LogP contribution in [0.1, 0.15) is 70.8 Å². The van der Waals surface area contributed by atoms with Crippen molar-refractivity contribution in [2.45, 2.75) is 71.3 Å². The van der Waals surface area contributed by atoms with Crippen LogP contribution in [0.3, 0.4) is 0 Å². The lowest BCUT2D eigenvalue weighted by Crippen LogP contribution is -2.53. The van der Waals surface area contributed by atoms with Gasteiger partial charge in [0.2, 0.25) is 0 Å². The van der Waals surface area contributed by atoms with Crippen LogP contribution in [-0.4, -0.2) is 25.3 Å². The summed E-state index contributed by atoms with van der Waals surface area (Å²) in [5.74, 6) is 4.30. The van der Waals surface area contributed by atoms with E-state index in [2.05, 4.69) is 31.0 Å². The fourth-order valence-corrected chi connectivity index (χ4v) is 8.13. The Bertz CT molecular complexity index is 804. The van der Waals surface area contributed by atoms with Crippen LogP contribution < -0.4 is 4.74 Å². The number of fused-ring (bicyclic) bond motifs is 5. The van der Waals surface area contributed by atoms with E-state index in [0.29, 0.717) is 16.9 Å². The van der Waals surface area contributed by atoms with E-state index >= 15 is 0 Å². The summed E-state index contributed by atoms with van der Waals surface area (Å²) in [5.41, 5.74) is 3.62. The number of ether oxygens (including phenoxy) is 2. The van der Waals surface area contributed by atoms with Crippen LogP contribution in [0.2, 0.25) is 0 Å². The molecule has 5 rings (SSSR count). The maximum atomic E-state index is 5.76. The Morgan fingerprint density at radius 1 is 1.00 bits per heavy atom. The molecule has 0 N–H and O–H groups in total. The van der Waals surface area contributed by atoms with Crippen LogP contribution >= 0.6 is 0 Å². The first kappa shape index (κ1) is 19.6. The summed E-state index contributed by atoms with van der Waals surface area (Å²) in [5, 5.41) is 0. The van der Waals surface area contributed by atoms with Crippen molar-refractivity contribution >= 4 is 5.57 Å². The van der Waals surface area contributed by atoms with Gasteiger partial charge in [0.15, 0.2) is 0 Å². The van der Waals surface area contributed by atoms with Crippen molar-refractivity contribution in [2.75, 3.05) is 14.2 Å². The smallest absolute Gasteiger partial charge is 0.137 e. The monoisotopic (exact) mass is 395 g/mol. The third kappa shape index (κ3) is 2.91. The summed E-state index contributed by atoms with van der Waals surface area (Å²) >= 11 is 0. The molecule has 0 radical (unpaired) electrons. The van der Waals surface area contributed by atoms with E-state index in [1.54, 1.807) is 7.11 Å². The SMILES string of the molecule is COc1cncc(C2=CC[C@H]3[C@@H]4CC[C@H]5C[C@@H](OC)CC[C@]5(C)[C@H]4CC[C@]23C)c1. The second-order valence-electron chi connectivity index (χ2n) is 10.7. The summed E-state index contributed by atoms with van der Waals surface area (Å²) in [6, 6.07) is 2.18. The van der Waals surface area contributed by atoms with Crippen molar-refractivity contribution < 1.29 is 9.47 Å². The lowest BCUT2D eigenvalue weighted by atomic mass is 9.44. The van der Waals surface area contributed by atoms with Crippen LogP contribution in [0.15, 0.2) is 24.5 Å². The van der Waals surface area contributed by atoms with Crippen LogP contribution in [-0.2, 0) is 4.74 Å². The summed E-state index contributed by atoms with van der Waals surface area (Å²) in [4.78, 5) is 4.45. The van der Waals surface area contributed by atoms with Gasteiger partial charge in [0.05, 0.1) is 19.4 Å².